The number of piperazine rings is 2. The van der Waals surface area contributed by atoms with Crippen LogP contribution in [0, 0.1) is 10.8 Å². The van der Waals surface area contributed by atoms with Crippen molar-refractivity contribution in [3.8, 4) is 11.5 Å². The molecule has 2 saturated heterocycles. The molecule has 0 bridgehead atoms. The van der Waals surface area contributed by atoms with Crippen molar-refractivity contribution in [3.63, 3.8) is 0 Å². The van der Waals surface area contributed by atoms with Crippen LogP contribution < -0.4 is 30.7 Å². The van der Waals surface area contributed by atoms with E-state index in [4.69, 9.17) is 49.3 Å². The normalized spacial score (nSPS) is 15.3. The SMILES string of the molecule is COc1ccccc1N1CCN(C(=N)N)CC1.COc1ccccc1N1CCN(C(=N)N)CC1.O=S(=O)(O)O. The zero-order chi connectivity index (χ0) is 29.0. The number of nitrogens with one attached hydrogen (secondary N) is 2. The van der Waals surface area contributed by atoms with Gasteiger partial charge in [-0.2, -0.15) is 8.42 Å². The maximum Gasteiger partial charge on any atom is 0.394 e. The lowest BCUT2D eigenvalue weighted by atomic mass is 10.2. The number of benzene rings is 2. The molecule has 2 aliphatic rings. The average Bonchev–Trinajstić information content (AvgIpc) is 2.92. The predicted molar refractivity (Wildman–Crippen MR) is 152 cm³/mol. The number of para-hydroxylation sites is 4. The summed E-state index contributed by atoms with van der Waals surface area (Å²) in [6, 6.07) is 16.0. The standard InChI is InChI=1S/2C12H18N4O.H2O4S/c2*1-17-11-5-3-2-4-10(11)15-6-8-16(9-7-15)12(13)14;1-5(2,3)4/h2*2-5H,6-9H2,1H3,(H3,13,14);(H2,1,2,3,4). The Balaban J connectivity index is 0.000000234. The number of nitrogens with zero attached hydrogens (tertiary/aromatic N) is 4. The Bertz CT molecular complexity index is 1100. The Morgan fingerprint density at radius 3 is 1.23 bits per heavy atom. The maximum absolute atomic E-state index is 8.74. The van der Waals surface area contributed by atoms with Crippen LogP contribution in [-0.2, 0) is 10.4 Å². The minimum atomic E-state index is -4.67. The number of ether oxygens (including phenoxy) is 2. The fourth-order valence-electron chi connectivity index (χ4n) is 4.16. The van der Waals surface area contributed by atoms with Crippen molar-refractivity contribution in [1.29, 1.82) is 10.8 Å². The van der Waals surface area contributed by atoms with Crippen LogP contribution in [0.1, 0.15) is 0 Å². The topological polar surface area (TPSA) is 206 Å². The van der Waals surface area contributed by atoms with Crippen molar-refractivity contribution < 1.29 is 27.0 Å². The molecule has 2 fully saturated rings. The molecule has 0 unspecified atom stereocenters. The van der Waals surface area contributed by atoms with Gasteiger partial charge in [0.05, 0.1) is 25.6 Å². The molecule has 8 N–H and O–H groups in total. The second-order valence-electron chi connectivity index (χ2n) is 8.51. The molecule has 0 radical (unpaired) electrons. The van der Waals surface area contributed by atoms with Crippen molar-refractivity contribution in [2.75, 3.05) is 76.4 Å². The van der Waals surface area contributed by atoms with Crippen LogP contribution in [0.15, 0.2) is 48.5 Å². The van der Waals surface area contributed by atoms with E-state index < -0.39 is 10.4 Å². The molecule has 14 nitrogen and oxygen atoms in total. The van der Waals surface area contributed by atoms with Crippen LogP contribution in [0.25, 0.3) is 0 Å². The van der Waals surface area contributed by atoms with Gasteiger partial charge in [0.1, 0.15) is 11.5 Å². The minimum absolute atomic E-state index is 0.157. The number of hydrogen-bond acceptors (Lipinski definition) is 8. The molecule has 15 heteroatoms. The van der Waals surface area contributed by atoms with Crippen LogP contribution in [0.3, 0.4) is 0 Å². The Hall–Kier alpha value is -3.95. The first kappa shape index (κ1) is 31.3. The van der Waals surface area contributed by atoms with E-state index in [0.29, 0.717) is 0 Å². The van der Waals surface area contributed by atoms with Gasteiger partial charge in [-0.1, -0.05) is 24.3 Å². The fraction of sp³-hybridized carbons (Fsp3) is 0.417. The molecule has 2 aromatic rings. The Morgan fingerprint density at radius 1 is 0.692 bits per heavy atom. The Labute approximate surface area is 229 Å². The lowest BCUT2D eigenvalue weighted by Crippen LogP contribution is -2.50. The van der Waals surface area contributed by atoms with Crippen LogP contribution in [0.4, 0.5) is 11.4 Å². The van der Waals surface area contributed by atoms with Crippen LogP contribution in [0.2, 0.25) is 0 Å². The van der Waals surface area contributed by atoms with Crippen molar-refractivity contribution in [2.45, 2.75) is 0 Å². The quantitative estimate of drug-likeness (QED) is 0.172. The molecular weight excluding hydrogens is 528 g/mol. The van der Waals surface area contributed by atoms with E-state index in [1.165, 1.54) is 0 Å². The summed E-state index contributed by atoms with van der Waals surface area (Å²) in [4.78, 5) is 8.29. The summed E-state index contributed by atoms with van der Waals surface area (Å²) < 4.78 is 42.3. The van der Waals surface area contributed by atoms with E-state index in [2.05, 4.69) is 21.9 Å². The molecule has 0 amide bonds. The van der Waals surface area contributed by atoms with Crippen LogP contribution >= 0.6 is 0 Å². The van der Waals surface area contributed by atoms with Crippen molar-refractivity contribution in [1.82, 2.24) is 9.80 Å². The largest absolute Gasteiger partial charge is 0.495 e. The van der Waals surface area contributed by atoms with E-state index in [9.17, 15) is 0 Å². The summed E-state index contributed by atoms with van der Waals surface area (Å²) in [5.41, 5.74) is 13.2. The highest BCUT2D eigenvalue weighted by Crippen LogP contribution is 2.29. The number of rotatable bonds is 4. The van der Waals surface area contributed by atoms with Gasteiger partial charge in [0.15, 0.2) is 11.9 Å². The Kier molecular flexibility index (Phi) is 11.9. The molecule has 39 heavy (non-hydrogen) atoms. The molecule has 2 heterocycles. The van der Waals surface area contributed by atoms with Gasteiger partial charge in [-0.15, -0.1) is 0 Å². The molecule has 0 atom stereocenters. The molecule has 2 aliphatic heterocycles. The zero-order valence-corrected chi connectivity index (χ0v) is 23.0. The second kappa shape index (κ2) is 14.8. The average molecular weight is 567 g/mol. The number of methoxy groups -OCH3 is 2. The number of nitrogens with two attached hydrogens (primary N) is 2. The van der Waals surface area contributed by atoms with E-state index >= 15 is 0 Å². The summed E-state index contributed by atoms with van der Waals surface area (Å²) in [5, 5.41) is 14.8. The van der Waals surface area contributed by atoms with Crippen LogP contribution in [0.5, 0.6) is 11.5 Å². The molecule has 216 valence electrons. The highest BCUT2D eigenvalue weighted by molar-refractivity contribution is 7.79. The highest BCUT2D eigenvalue weighted by atomic mass is 32.3. The fourth-order valence-corrected chi connectivity index (χ4v) is 4.16. The summed E-state index contributed by atoms with van der Waals surface area (Å²) in [5.74, 6) is 2.10. The van der Waals surface area contributed by atoms with Gasteiger partial charge in [-0.25, -0.2) is 0 Å². The van der Waals surface area contributed by atoms with Gasteiger partial charge >= 0.3 is 10.4 Å². The lowest BCUT2D eigenvalue weighted by Gasteiger charge is -2.36. The molecule has 0 saturated carbocycles. The molecule has 0 aliphatic carbocycles. The first-order valence-corrected chi connectivity index (χ1v) is 13.5. The van der Waals surface area contributed by atoms with Crippen molar-refractivity contribution in [2.24, 2.45) is 11.5 Å². The zero-order valence-electron chi connectivity index (χ0n) is 22.2. The maximum atomic E-state index is 8.74. The van der Waals surface area contributed by atoms with Gasteiger partial charge in [0.2, 0.25) is 0 Å². The third-order valence-electron chi connectivity index (χ3n) is 6.09. The summed E-state index contributed by atoms with van der Waals surface area (Å²) >= 11 is 0. The molecule has 2 aromatic carbocycles. The smallest absolute Gasteiger partial charge is 0.394 e. The van der Waals surface area contributed by atoms with Gasteiger partial charge in [0, 0.05) is 52.4 Å². The summed E-state index contributed by atoms with van der Waals surface area (Å²) in [7, 11) is -1.30. The molecule has 0 spiro atoms. The lowest BCUT2D eigenvalue weighted by molar-refractivity contribution is 0.373. The first-order valence-electron chi connectivity index (χ1n) is 12.1. The van der Waals surface area contributed by atoms with Gasteiger partial charge < -0.3 is 40.5 Å². The predicted octanol–water partition coefficient (Wildman–Crippen LogP) is 0.769. The number of hydrogen-bond donors (Lipinski definition) is 6. The van der Waals surface area contributed by atoms with Crippen LogP contribution in [-0.4, -0.2) is 106 Å². The van der Waals surface area contributed by atoms with E-state index in [1.54, 1.807) is 14.2 Å². The number of guanidine groups is 2. The minimum Gasteiger partial charge on any atom is -0.495 e. The second-order valence-corrected chi connectivity index (χ2v) is 9.41. The highest BCUT2D eigenvalue weighted by Gasteiger charge is 2.21. The monoisotopic (exact) mass is 566 g/mol. The van der Waals surface area contributed by atoms with Crippen molar-refractivity contribution >= 4 is 33.7 Å². The van der Waals surface area contributed by atoms with E-state index in [1.807, 2.05) is 46.2 Å². The van der Waals surface area contributed by atoms with E-state index in [-0.39, 0.29) is 11.9 Å². The van der Waals surface area contributed by atoms with E-state index in [0.717, 1.165) is 75.2 Å². The Morgan fingerprint density at radius 2 is 0.974 bits per heavy atom. The first-order chi connectivity index (χ1) is 18.4. The van der Waals surface area contributed by atoms with Gasteiger partial charge in [0.25, 0.3) is 0 Å². The van der Waals surface area contributed by atoms with Crippen molar-refractivity contribution in [3.05, 3.63) is 48.5 Å². The molecule has 4 rings (SSSR count). The molecular formula is C24H38N8O6S. The van der Waals surface area contributed by atoms with Gasteiger partial charge in [-0.05, 0) is 24.3 Å². The summed E-state index contributed by atoms with van der Waals surface area (Å²) in [6.45, 7) is 6.58. The molecule has 0 aromatic heterocycles. The van der Waals surface area contributed by atoms with Gasteiger partial charge in [-0.3, -0.25) is 19.9 Å². The third-order valence-corrected chi connectivity index (χ3v) is 6.09. The number of anilines is 2. The summed E-state index contributed by atoms with van der Waals surface area (Å²) in [6.07, 6.45) is 0. The third kappa shape index (κ3) is 10.4.